The molecule has 0 heterocycles. The molecule has 1 atom stereocenters. The van der Waals surface area contributed by atoms with Crippen molar-refractivity contribution >= 4 is 16.1 Å². The summed E-state index contributed by atoms with van der Waals surface area (Å²) in [7, 11) is -2.36. The fourth-order valence-corrected chi connectivity index (χ4v) is 3.24. The molecule has 0 saturated heterocycles. The molecule has 0 aromatic carbocycles. The average Bonchev–Trinajstić information content (AvgIpc) is 2.44. The Balaban J connectivity index is 3.58. The predicted octanol–water partition coefficient (Wildman–Crippen LogP) is 2.96. The second kappa shape index (κ2) is 12.8. The number of ether oxygens (including phenoxy) is 2. The number of carbonyl (C=O) groups excluding carboxylic acids is 1. The normalized spacial score (nSPS) is 13.0. The molecule has 6 nitrogen and oxygen atoms in total. The van der Waals surface area contributed by atoms with Gasteiger partial charge in [0.2, 0.25) is 0 Å². The van der Waals surface area contributed by atoms with Crippen molar-refractivity contribution in [3.05, 3.63) is 0 Å². The van der Waals surface area contributed by atoms with Gasteiger partial charge >= 0.3 is 5.97 Å². The average molecular weight is 338 g/mol. The molecule has 0 rings (SSSR count). The minimum Gasteiger partial charge on any atom is -0.463 e. The van der Waals surface area contributed by atoms with Gasteiger partial charge in [-0.1, -0.05) is 39.0 Å². The molecule has 0 fully saturated rings. The molecule has 22 heavy (non-hydrogen) atoms. The van der Waals surface area contributed by atoms with E-state index in [4.69, 9.17) is 14.0 Å². The lowest BCUT2D eigenvalue weighted by atomic mass is 10.1. The van der Waals surface area contributed by atoms with Gasteiger partial charge in [0.25, 0.3) is 10.1 Å². The fraction of sp³-hybridized carbons (Fsp3) is 0.933. The zero-order valence-electron chi connectivity index (χ0n) is 13.8. The van der Waals surface area contributed by atoms with E-state index in [0.29, 0.717) is 32.5 Å². The summed E-state index contributed by atoms with van der Waals surface area (Å²) in [6.07, 6.45) is 6.51. The Hall–Kier alpha value is -0.660. The molecule has 1 unspecified atom stereocenters. The van der Waals surface area contributed by atoms with Crippen LogP contribution >= 0.6 is 0 Å². The molecular weight excluding hydrogens is 308 g/mol. The van der Waals surface area contributed by atoms with Gasteiger partial charge in [0.15, 0.2) is 0 Å². The van der Waals surface area contributed by atoms with Crippen LogP contribution < -0.4 is 0 Å². The van der Waals surface area contributed by atoms with Crippen LogP contribution in [-0.4, -0.2) is 44.5 Å². The Morgan fingerprint density at radius 2 is 1.68 bits per heavy atom. The first-order valence-electron chi connectivity index (χ1n) is 8.02. The van der Waals surface area contributed by atoms with Crippen LogP contribution in [0.5, 0.6) is 0 Å². The van der Waals surface area contributed by atoms with Crippen molar-refractivity contribution in [1.82, 2.24) is 0 Å². The standard InChI is InChI=1S/C15H30O6S/c1-3-9-14(22(17,18)19)10-7-5-4-6-8-11-15(16)21-13-12-20-2/h14H,3-13H2,1-2H3,(H,17,18,19). The fourth-order valence-electron chi connectivity index (χ4n) is 2.25. The van der Waals surface area contributed by atoms with Crippen LogP contribution in [-0.2, 0) is 24.4 Å². The van der Waals surface area contributed by atoms with Crippen molar-refractivity contribution in [3.63, 3.8) is 0 Å². The number of esters is 1. The SMILES string of the molecule is CCCC(CCCCCCCC(=O)OCCOC)S(=O)(=O)O. The van der Waals surface area contributed by atoms with E-state index in [0.717, 1.165) is 38.5 Å². The van der Waals surface area contributed by atoms with Crippen molar-refractivity contribution in [2.24, 2.45) is 0 Å². The minimum absolute atomic E-state index is 0.202. The third kappa shape index (κ3) is 11.9. The van der Waals surface area contributed by atoms with Crippen LogP contribution in [0.1, 0.15) is 64.7 Å². The zero-order chi connectivity index (χ0) is 16.8. The number of hydrogen-bond acceptors (Lipinski definition) is 5. The van der Waals surface area contributed by atoms with Crippen LogP contribution in [0.3, 0.4) is 0 Å². The summed E-state index contributed by atoms with van der Waals surface area (Å²) in [4.78, 5) is 11.3. The summed E-state index contributed by atoms with van der Waals surface area (Å²) in [6.45, 7) is 2.62. The van der Waals surface area contributed by atoms with Crippen LogP contribution in [0.2, 0.25) is 0 Å². The van der Waals surface area contributed by atoms with Gasteiger partial charge in [-0.2, -0.15) is 8.42 Å². The van der Waals surface area contributed by atoms with Gasteiger partial charge in [-0.25, -0.2) is 0 Å². The van der Waals surface area contributed by atoms with E-state index in [2.05, 4.69) is 0 Å². The summed E-state index contributed by atoms with van der Waals surface area (Å²) >= 11 is 0. The summed E-state index contributed by atoms with van der Waals surface area (Å²) in [5.41, 5.74) is 0. The van der Waals surface area contributed by atoms with E-state index < -0.39 is 15.4 Å². The van der Waals surface area contributed by atoms with Gasteiger partial charge in [0, 0.05) is 13.5 Å². The molecule has 1 N–H and O–H groups in total. The number of hydrogen-bond donors (Lipinski definition) is 1. The Kier molecular flexibility index (Phi) is 12.5. The maximum absolute atomic E-state index is 11.3. The van der Waals surface area contributed by atoms with Crippen LogP contribution in [0.25, 0.3) is 0 Å². The molecule has 0 aromatic heterocycles. The highest BCUT2D eigenvalue weighted by Crippen LogP contribution is 2.16. The quantitative estimate of drug-likeness (QED) is 0.297. The number of rotatable bonds is 14. The Labute approximate surface area is 134 Å². The molecule has 0 aliphatic carbocycles. The van der Waals surface area contributed by atoms with Gasteiger partial charge in [-0.05, 0) is 19.3 Å². The molecule has 0 aliphatic heterocycles. The van der Waals surface area contributed by atoms with E-state index in [1.54, 1.807) is 7.11 Å². The summed E-state index contributed by atoms with van der Waals surface area (Å²) < 4.78 is 41.2. The highest BCUT2D eigenvalue weighted by atomic mass is 32.2. The lowest BCUT2D eigenvalue weighted by molar-refractivity contribution is -0.145. The molecule has 0 radical (unpaired) electrons. The highest BCUT2D eigenvalue weighted by Gasteiger charge is 2.20. The third-order valence-electron chi connectivity index (χ3n) is 3.49. The molecule has 0 saturated carbocycles. The van der Waals surface area contributed by atoms with Gasteiger partial charge in [0.05, 0.1) is 11.9 Å². The molecular formula is C15H30O6S. The Morgan fingerprint density at radius 3 is 2.27 bits per heavy atom. The largest absolute Gasteiger partial charge is 0.463 e. The molecule has 0 aromatic rings. The summed E-state index contributed by atoms with van der Waals surface area (Å²) in [5.74, 6) is -0.202. The second-order valence-corrected chi connectivity index (χ2v) is 7.14. The molecule has 0 spiro atoms. The van der Waals surface area contributed by atoms with Crippen molar-refractivity contribution in [1.29, 1.82) is 0 Å². The second-order valence-electron chi connectivity index (χ2n) is 5.45. The number of unbranched alkanes of at least 4 members (excludes halogenated alkanes) is 4. The molecule has 7 heteroatoms. The van der Waals surface area contributed by atoms with E-state index in [1.165, 1.54) is 0 Å². The van der Waals surface area contributed by atoms with E-state index in [9.17, 15) is 13.2 Å². The minimum atomic E-state index is -3.92. The lowest BCUT2D eigenvalue weighted by Gasteiger charge is -2.12. The Bertz CT molecular complexity index is 379. The molecule has 0 aliphatic rings. The monoisotopic (exact) mass is 338 g/mol. The Morgan fingerprint density at radius 1 is 1.05 bits per heavy atom. The van der Waals surface area contributed by atoms with Crippen LogP contribution in [0.15, 0.2) is 0 Å². The van der Waals surface area contributed by atoms with Gasteiger partial charge < -0.3 is 9.47 Å². The van der Waals surface area contributed by atoms with Crippen molar-refractivity contribution in [2.75, 3.05) is 20.3 Å². The first-order valence-corrected chi connectivity index (χ1v) is 9.53. The van der Waals surface area contributed by atoms with Gasteiger partial charge in [-0.15, -0.1) is 0 Å². The van der Waals surface area contributed by atoms with E-state index >= 15 is 0 Å². The first-order chi connectivity index (χ1) is 10.4. The van der Waals surface area contributed by atoms with Gasteiger partial charge in [0.1, 0.15) is 6.61 Å². The molecule has 0 bridgehead atoms. The third-order valence-corrected chi connectivity index (χ3v) is 4.80. The van der Waals surface area contributed by atoms with Crippen molar-refractivity contribution < 1.29 is 27.2 Å². The van der Waals surface area contributed by atoms with Crippen LogP contribution in [0.4, 0.5) is 0 Å². The maximum atomic E-state index is 11.3. The van der Waals surface area contributed by atoms with Crippen LogP contribution in [0, 0.1) is 0 Å². The molecule has 0 amide bonds. The zero-order valence-corrected chi connectivity index (χ0v) is 14.6. The first kappa shape index (κ1) is 21.3. The van der Waals surface area contributed by atoms with E-state index in [1.807, 2.05) is 6.92 Å². The van der Waals surface area contributed by atoms with Gasteiger partial charge in [-0.3, -0.25) is 9.35 Å². The lowest BCUT2D eigenvalue weighted by Crippen LogP contribution is -2.20. The number of carbonyl (C=O) groups is 1. The topological polar surface area (TPSA) is 89.9 Å². The maximum Gasteiger partial charge on any atom is 0.305 e. The molecule has 132 valence electrons. The van der Waals surface area contributed by atoms with E-state index in [-0.39, 0.29) is 5.97 Å². The van der Waals surface area contributed by atoms with Crippen molar-refractivity contribution in [3.8, 4) is 0 Å². The predicted molar refractivity (Wildman–Crippen MR) is 85.4 cm³/mol. The smallest absolute Gasteiger partial charge is 0.305 e. The summed E-state index contributed by atoms with van der Waals surface area (Å²) in [5, 5.41) is -0.631. The summed E-state index contributed by atoms with van der Waals surface area (Å²) in [6, 6.07) is 0. The highest BCUT2D eigenvalue weighted by molar-refractivity contribution is 7.86. The van der Waals surface area contributed by atoms with Crippen molar-refractivity contribution in [2.45, 2.75) is 70.0 Å². The number of methoxy groups -OCH3 is 1.